The molecule has 2 N–H and O–H groups in total. The second kappa shape index (κ2) is 9.85. The summed E-state index contributed by atoms with van der Waals surface area (Å²) in [5, 5.41) is 4.24. The van der Waals surface area contributed by atoms with Gasteiger partial charge in [-0.25, -0.2) is 4.98 Å². The highest BCUT2D eigenvalue weighted by molar-refractivity contribution is 5.92. The zero-order chi connectivity index (χ0) is 23.5. The van der Waals surface area contributed by atoms with Gasteiger partial charge in [-0.2, -0.15) is 0 Å². The third-order valence-electron chi connectivity index (χ3n) is 6.48. The normalized spacial score (nSPS) is 13.8. The number of rotatable bonds is 10. The van der Waals surface area contributed by atoms with E-state index in [0.717, 1.165) is 37.9 Å². The highest BCUT2D eigenvalue weighted by atomic mass is 16.3. The smallest absolute Gasteiger partial charge is 0.273 e. The molecule has 2 heterocycles. The number of aromatic amines is 1. The second-order valence-corrected chi connectivity index (χ2v) is 9.59. The number of carbonyl (C=O) groups excluding carboxylic acids is 1. The number of carbonyl (C=O) groups is 1. The molecule has 1 aliphatic carbocycles. The second-order valence-electron chi connectivity index (χ2n) is 9.59. The maximum atomic E-state index is 12.3. The molecule has 6 nitrogen and oxygen atoms in total. The van der Waals surface area contributed by atoms with Gasteiger partial charge in [0.15, 0.2) is 5.69 Å². The van der Waals surface area contributed by atoms with Crippen LogP contribution in [0, 0.1) is 0 Å². The van der Waals surface area contributed by atoms with Crippen LogP contribution in [-0.2, 0) is 19.5 Å². The van der Waals surface area contributed by atoms with Crippen molar-refractivity contribution in [1.29, 1.82) is 0 Å². The first-order valence-corrected chi connectivity index (χ1v) is 12.2. The number of benzene rings is 2. The monoisotopic (exact) mass is 456 g/mol. The number of hydrogen-bond donors (Lipinski definition) is 2. The van der Waals surface area contributed by atoms with Crippen molar-refractivity contribution in [2.24, 2.45) is 0 Å². The topological polar surface area (TPSA) is 74.2 Å². The number of amides is 1. The van der Waals surface area contributed by atoms with Gasteiger partial charge >= 0.3 is 0 Å². The van der Waals surface area contributed by atoms with Crippen molar-refractivity contribution in [2.75, 3.05) is 6.54 Å². The Morgan fingerprint density at radius 2 is 1.94 bits per heavy atom. The van der Waals surface area contributed by atoms with E-state index in [1.165, 1.54) is 28.3 Å². The first kappa shape index (κ1) is 22.4. The minimum atomic E-state index is -0.146. The number of nitrogens with one attached hydrogen (secondary N) is 2. The van der Waals surface area contributed by atoms with E-state index in [1.54, 1.807) is 0 Å². The predicted octanol–water partition coefficient (Wildman–Crippen LogP) is 5.42. The molecule has 6 heteroatoms. The van der Waals surface area contributed by atoms with Crippen molar-refractivity contribution in [3.05, 3.63) is 89.3 Å². The van der Waals surface area contributed by atoms with Crippen LogP contribution in [0.5, 0.6) is 0 Å². The van der Waals surface area contributed by atoms with Crippen molar-refractivity contribution in [1.82, 2.24) is 20.2 Å². The van der Waals surface area contributed by atoms with E-state index in [1.807, 2.05) is 0 Å². The van der Waals surface area contributed by atoms with Crippen molar-refractivity contribution in [3.8, 4) is 0 Å². The molecule has 1 saturated carbocycles. The SMILES string of the molecule is CC(C)c1ccc(CN(CCc2c[nH]c3ccccc23)Cc2nc(C(=O)NC3CC3)co2)cc1. The molecule has 0 spiro atoms. The summed E-state index contributed by atoms with van der Waals surface area (Å²) in [6, 6.07) is 17.5. The minimum absolute atomic E-state index is 0.146. The molecule has 0 radical (unpaired) electrons. The summed E-state index contributed by atoms with van der Waals surface area (Å²) in [6.07, 6.45) is 6.58. The molecule has 2 aromatic carbocycles. The van der Waals surface area contributed by atoms with E-state index in [4.69, 9.17) is 4.42 Å². The molecule has 2 aromatic heterocycles. The molecular formula is C28H32N4O2. The number of fused-ring (bicyclic) bond motifs is 1. The van der Waals surface area contributed by atoms with Crippen LogP contribution in [0.2, 0.25) is 0 Å². The molecule has 4 aromatic rings. The van der Waals surface area contributed by atoms with Gasteiger partial charge in [0.2, 0.25) is 5.89 Å². The predicted molar refractivity (Wildman–Crippen MR) is 134 cm³/mol. The third-order valence-corrected chi connectivity index (χ3v) is 6.48. The summed E-state index contributed by atoms with van der Waals surface area (Å²) >= 11 is 0. The zero-order valence-corrected chi connectivity index (χ0v) is 19.9. The largest absolute Gasteiger partial charge is 0.447 e. The number of nitrogens with zero attached hydrogens (tertiary/aromatic N) is 2. The van der Waals surface area contributed by atoms with Crippen molar-refractivity contribution >= 4 is 16.8 Å². The molecule has 176 valence electrons. The summed E-state index contributed by atoms with van der Waals surface area (Å²) in [4.78, 5) is 22.5. The zero-order valence-electron chi connectivity index (χ0n) is 19.9. The van der Waals surface area contributed by atoms with Crippen LogP contribution in [0.4, 0.5) is 0 Å². The number of aromatic nitrogens is 2. The summed E-state index contributed by atoms with van der Waals surface area (Å²) < 4.78 is 5.69. The lowest BCUT2D eigenvalue weighted by atomic mass is 10.0. The van der Waals surface area contributed by atoms with Gasteiger partial charge in [0, 0.05) is 36.2 Å². The molecule has 0 unspecified atom stereocenters. The van der Waals surface area contributed by atoms with Crippen LogP contribution in [0.25, 0.3) is 10.9 Å². The van der Waals surface area contributed by atoms with E-state index < -0.39 is 0 Å². The average Bonchev–Trinajstić information content (AvgIpc) is 3.37. The van der Waals surface area contributed by atoms with Crippen molar-refractivity contribution < 1.29 is 9.21 Å². The van der Waals surface area contributed by atoms with Crippen LogP contribution >= 0.6 is 0 Å². The van der Waals surface area contributed by atoms with E-state index in [0.29, 0.717) is 30.1 Å². The van der Waals surface area contributed by atoms with Crippen molar-refractivity contribution in [2.45, 2.75) is 58.2 Å². The Morgan fingerprint density at radius 3 is 2.71 bits per heavy atom. The Balaban J connectivity index is 1.30. The summed E-state index contributed by atoms with van der Waals surface area (Å²) in [7, 11) is 0. The fourth-order valence-corrected chi connectivity index (χ4v) is 4.26. The van der Waals surface area contributed by atoms with Crippen LogP contribution in [-0.4, -0.2) is 33.4 Å². The molecule has 5 rings (SSSR count). The van der Waals surface area contributed by atoms with Crippen LogP contribution in [0.15, 0.2) is 65.4 Å². The maximum absolute atomic E-state index is 12.3. The highest BCUT2D eigenvalue weighted by Gasteiger charge is 2.25. The lowest BCUT2D eigenvalue weighted by Crippen LogP contribution is -2.27. The quantitative estimate of drug-likeness (QED) is 0.334. The minimum Gasteiger partial charge on any atom is -0.447 e. The van der Waals surface area contributed by atoms with Crippen LogP contribution in [0.1, 0.15) is 65.7 Å². The molecule has 1 amide bonds. The van der Waals surface area contributed by atoms with Gasteiger partial charge in [-0.1, -0.05) is 56.3 Å². The van der Waals surface area contributed by atoms with E-state index in [-0.39, 0.29) is 5.91 Å². The van der Waals surface area contributed by atoms with Gasteiger partial charge in [0.1, 0.15) is 6.26 Å². The molecule has 1 aliphatic rings. The molecule has 0 atom stereocenters. The molecule has 0 saturated heterocycles. The summed E-state index contributed by atoms with van der Waals surface area (Å²) in [6.45, 7) is 6.60. The number of para-hydroxylation sites is 1. The molecule has 0 bridgehead atoms. The molecule has 0 aliphatic heterocycles. The lowest BCUT2D eigenvalue weighted by molar-refractivity contribution is 0.0946. The standard InChI is InChI=1S/C28H32N4O2/c1-19(2)21-9-7-20(8-10-21)16-32(14-13-22-15-29-25-6-4-3-5-24(22)25)17-27-31-26(18-34-27)28(33)30-23-11-12-23/h3-10,15,18-19,23,29H,11-14,16-17H2,1-2H3,(H,30,33). The fourth-order valence-electron chi connectivity index (χ4n) is 4.26. The van der Waals surface area contributed by atoms with Gasteiger partial charge in [0.05, 0.1) is 6.54 Å². The van der Waals surface area contributed by atoms with Gasteiger partial charge in [-0.05, 0) is 47.9 Å². The fraction of sp³-hybridized carbons (Fsp3) is 0.357. The van der Waals surface area contributed by atoms with E-state index in [2.05, 4.69) is 88.8 Å². The Labute approximate surface area is 200 Å². The number of H-pyrrole nitrogens is 1. The highest BCUT2D eigenvalue weighted by Crippen LogP contribution is 2.21. The number of hydrogen-bond acceptors (Lipinski definition) is 4. The Morgan fingerprint density at radius 1 is 1.15 bits per heavy atom. The first-order valence-electron chi connectivity index (χ1n) is 12.2. The lowest BCUT2D eigenvalue weighted by Gasteiger charge is -2.21. The molecule has 34 heavy (non-hydrogen) atoms. The third kappa shape index (κ3) is 5.39. The summed E-state index contributed by atoms with van der Waals surface area (Å²) in [5.74, 6) is 0.936. The van der Waals surface area contributed by atoms with Gasteiger partial charge in [-0.15, -0.1) is 0 Å². The average molecular weight is 457 g/mol. The molecule has 1 fully saturated rings. The van der Waals surface area contributed by atoms with Crippen LogP contribution < -0.4 is 5.32 Å². The van der Waals surface area contributed by atoms with E-state index in [9.17, 15) is 4.79 Å². The molecular weight excluding hydrogens is 424 g/mol. The first-order chi connectivity index (χ1) is 16.5. The van der Waals surface area contributed by atoms with Gasteiger partial charge in [-0.3, -0.25) is 9.69 Å². The van der Waals surface area contributed by atoms with Crippen molar-refractivity contribution in [3.63, 3.8) is 0 Å². The Hall–Kier alpha value is -3.38. The summed E-state index contributed by atoms with van der Waals surface area (Å²) in [5.41, 5.74) is 5.41. The van der Waals surface area contributed by atoms with E-state index >= 15 is 0 Å². The van der Waals surface area contributed by atoms with Gasteiger partial charge < -0.3 is 14.7 Å². The van der Waals surface area contributed by atoms with Gasteiger partial charge in [0.25, 0.3) is 5.91 Å². The number of oxazole rings is 1. The van der Waals surface area contributed by atoms with Crippen LogP contribution in [0.3, 0.4) is 0 Å². The Bertz CT molecular complexity index is 1250. The Kier molecular flexibility index (Phi) is 6.50. The maximum Gasteiger partial charge on any atom is 0.273 e.